The van der Waals surface area contributed by atoms with Crippen molar-refractivity contribution in [2.75, 3.05) is 25.7 Å². The van der Waals surface area contributed by atoms with E-state index in [1.54, 1.807) is 38.1 Å². The predicted octanol–water partition coefficient (Wildman–Crippen LogP) is 2.96. The molecule has 8 heteroatoms. The Labute approximate surface area is 180 Å². The average molecular weight is 423 g/mol. The van der Waals surface area contributed by atoms with Crippen molar-refractivity contribution in [3.8, 4) is 5.75 Å². The molecule has 1 fully saturated rings. The molecule has 162 valence electrons. The summed E-state index contributed by atoms with van der Waals surface area (Å²) in [5, 5.41) is 4.21. The molecule has 0 aliphatic carbocycles. The van der Waals surface area contributed by atoms with Gasteiger partial charge >= 0.3 is 5.97 Å². The maximum Gasteiger partial charge on any atom is 0.338 e. The van der Waals surface area contributed by atoms with Gasteiger partial charge in [0.25, 0.3) is 5.91 Å². The van der Waals surface area contributed by atoms with E-state index in [0.29, 0.717) is 17.0 Å². The summed E-state index contributed by atoms with van der Waals surface area (Å²) in [5.74, 6) is -0.997. The number of nitrogens with zero attached hydrogens (tertiary/aromatic N) is 2. The highest BCUT2D eigenvalue weighted by Crippen LogP contribution is 2.23. The summed E-state index contributed by atoms with van der Waals surface area (Å²) in [5.41, 5.74) is 4.10. The highest BCUT2D eigenvalue weighted by Gasteiger charge is 2.39. The van der Waals surface area contributed by atoms with Gasteiger partial charge in [0.15, 0.2) is 0 Å². The molecular weight excluding hydrogens is 398 g/mol. The van der Waals surface area contributed by atoms with Crippen molar-refractivity contribution in [3.63, 3.8) is 0 Å². The van der Waals surface area contributed by atoms with E-state index in [1.807, 2.05) is 30.3 Å². The molecule has 1 aliphatic rings. The summed E-state index contributed by atoms with van der Waals surface area (Å²) in [6, 6.07) is 15.8. The molecule has 2 aromatic rings. The summed E-state index contributed by atoms with van der Waals surface area (Å²) in [7, 11) is 1.45. The number of carbonyl (C=O) groups excluding carboxylic acids is 3. The number of carbonyl (C=O) groups is 3. The van der Waals surface area contributed by atoms with Gasteiger partial charge in [0.1, 0.15) is 24.7 Å². The van der Waals surface area contributed by atoms with Crippen molar-refractivity contribution in [1.82, 2.24) is 4.90 Å². The van der Waals surface area contributed by atoms with Crippen LogP contribution in [-0.2, 0) is 14.3 Å². The van der Waals surface area contributed by atoms with Crippen LogP contribution in [0.2, 0.25) is 0 Å². The number of imide groups is 1. The van der Waals surface area contributed by atoms with E-state index in [2.05, 4.69) is 10.5 Å². The van der Waals surface area contributed by atoms with Crippen LogP contribution in [0.3, 0.4) is 0 Å². The van der Waals surface area contributed by atoms with Gasteiger partial charge in [-0.3, -0.25) is 19.9 Å². The minimum atomic E-state index is -0.459. The number of hydrogen-bond donors (Lipinski definition) is 1. The lowest BCUT2D eigenvalue weighted by Crippen LogP contribution is -2.51. The number of anilines is 1. The second-order valence-electron chi connectivity index (χ2n) is 7.26. The first-order chi connectivity index (χ1) is 14.9. The lowest BCUT2D eigenvalue weighted by Gasteiger charge is -2.31. The fraction of sp³-hybridized carbons (Fsp3) is 0.304. The van der Waals surface area contributed by atoms with Gasteiger partial charge in [-0.25, -0.2) is 4.79 Å². The van der Waals surface area contributed by atoms with Crippen LogP contribution in [0.25, 0.3) is 0 Å². The number of ether oxygens (including phenoxy) is 2. The molecular formula is C23H25N3O5. The van der Waals surface area contributed by atoms with Gasteiger partial charge in [0.2, 0.25) is 5.91 Å². The monoisotopic (exact) mass is 423 g/mol. The summed E-state index contributed by atoms with van der Waals surface area (Å²) >= 11 is 0. The molecule has 2 amide bonds. The second-order valence-corrected chi connectivity index (χ2v) is 7.26. The van der Waals surface area contributed by atoms with Crippen molar-refractivity contribution < 1.29 is 23.9 Å². The fourth-order valence-electron chi connectivity index (χ4n) is 3.07. The molecule has 0 saturated carbocycles. The average Bonchev–Trinajstić information content (AvgIpc) is 2.80. The fourth-order valence-corrected chi connectivity index (χ4v) is 3.07. The zero-order valence-electron chi connectivity index (χ0n) is 17.7. The number of benzene rings is 2. The normalized spacial score (nSPS) is 20.0. The van der Waals surface area contributed by atoms with E-state index < -0.39 is 11.9 Å². The standard InChI is InChI=1S/C23H25N3O5/c1-15-16(2)21(27)26(3)22(28)20(15)25-24-18-11-9-17(10-12-18)23(29)31-14-13-30-19-7-5-4-6-8-19/h4-12,15-16,24H,13-14H2,1-3H3/b25-20-. The Bertz CT molecular complexity index is 972. The lowest BCUT2D eigenvalue weighted by molar-refractivity contribution is -0.144. The minimum absolute atomic E-state index is 0.131. The molecule has 2 atom stereocenters. The number of para-hydroxylation sites is 1. The lowest BCUT2D eigenvalue weighted by atomic mass is 9.86. The van der Waals surface area contributed by atoms with Crippen LogP contribution in [-0.4, -0.2) is 48.7 Å². The van der Waals surface area contributed by atoms with Crippen LogP contribution in [0.1, 0.15) is 24.2 Å². The van der Waals surface area contributed by atoms with Gasteiger partial charge < -0.3 is 9.47 Å². The van der Waals surface area contributed by atoms with Crippen LogP contribution in [0.4, 0.5) is 5.69 Å². The number of amides is 2. The van der Waals surface area contributed by atoms with Crippen molar-refractivity contribution >= 4 is 29.2 Å². The zero-order chi connectivity index (χ0) is 22.4. The maximum absolute atomic E-state index is 12.3. The molecule has 8 nitrogen and oxygen atoms in total. The van der Waals surface area contributed by atoms with E-state index >= 15 is 0 Å². The third-order valence-corrected chi connectivity index (χ3v) is 5.18. The van der Waals surface area contributed by atoms with Crippen LogP contribution in [0, 0.1) is 11.8 Å². The number of likely N-dealkylation sites (tertiary alicyclic amines) is 1. The molecule has 1 aliphatic heterocycles. The van der Waals surface area contributed by atoms with Crippen molar-refractivity contribution in [2.24, 2.45) is 16.9 Å². The van der Waals surface area contributed by atoms with Gasteiger partial charge in [-0.15, -0.1) is 0 Å². The van der Waals surface area contributed by atoms with Crippen LogP contribution in [0.15, 0.2) is 59.7 Å². The van der Waals surface area contributed by atoms with Gasteiger partial charge in [-0.05, 0) is 36.4 Å². The largest absolute Gasteiger partial charge is 0.490 e. The Hall–Kier alpha value is -3.68. The van der Waals surface area contributed by atoms with Crippen molar-refractivity contribution in [1.29, 1.82) is 0 Å². The highest BCUT2D eigenvalue weighted by molar-refractivity contribution is 6.43. The SMILES string of the molecule is CC1C(=O)N(C)C(=O)/C(=N\Nc2ccc(C(=O)OCCOc3ccccc3)cc2)C1C. The van der Waals surface area contributed by atoms with Crippen LogP contribution in [0.5, 0.6) is 5.75 Å². The number of piperidine rings is 1. The number of hydrogen-bond acceptors (Lipinski definition) is 7. The Balaban J connectivity index is 1.52. The summed E-state index contributed by atoms with van der Waals surface area (Å²) in [6.07, 6.45) is 0. The van der Waals surface area contributed by atoms with Crippen LogP contribution >= 0.6 is 0 Å². The molecule has 0 bridgehead atoms. The Morgan fingerprint density at radius 2 is 1.68 bits per heavy atom. The third kappa shape index (κ3) is 5.28. The maximum atomic E-state index is 12.3. The molecule has 1 N–H and O–H groups in total. The topological polar surface area (TPSA) is 97.3 Å². The molecule has 3 rings (SSSR count). The first-order valence-corrected chi connectivity index (χ1v) is 9.99. The molecule has 2 unspecified atom stereocenters. The Kier molecular flexibility index (Phi) is 7.02. The number of esters is 1. The number of nitrogens with one attached hydrogen (secondary N) is 1. The molecule has 0 radical (unpaired) electrons. The zero-order valence-corrected chi connectivity index (χ0v) is 17.7. The number of rotatable bonds is 7. The Morgan fingerprint density at radius 1 is 1.00 bits per heavy atom. The van der Waals surface area contributed by atoms with E-state index in [4.69, 9.17) is 9.47 Å². The van der Waals surface area contributed by atoms with E-state index in [1.165, 1.54) is 7.05 Å². The second kappa shape index (κ2) is 9.88. The van der Waals surface area contributed by atoms with E-state index in [9.17, 15) is 14.4 Å². The first kappa shape index (κ1) is 22.0. The van der Waals surface area contributed by atoms with Gasteiger partial charge in [-0.1, -0.05) is 32.0 Å². The van der Waals surface area contributed by atoms with Gasteiger partial charge in [0, 0.05) is 18.9 Å². The highest BCUT2D eigenvalue weighted by atomic mass is 16.6. The van der Waals surface area contributed by atoms with Crippen molar-refractivity contribution in [2.45, 2.75) is 13.8 Å². The van der Waals surface area contributed by atoms with Crippen molar-refractivity contribution in [3.05, 3.63) is 60.2 Å². The minimum Gasteiger partial charge on any atom is -0.490 e. The molecule has 31 heavy (non-hydrogen) atoms. The summed E-state index contributed by atoms with van der Waals surface area (Å²) in [6.45, 7) is 3.96. The molecule has 0 aromatic heterocycles. The first-order valence-electron chi connectivity index (χ1n) is 9.99. The number of hydrazone groups is 1. The van der Waals surface area contributed by atoms with E-state index in [0.717, 1.165) is 4.90 Å². The Morgan fingerprint density at radius 3 is 2.35 bits per heavy atom. The third-order valence-electron chi connectivity index (χ3n) is 5.18. The molecule has 0 spiro atoms. The summed E-state index contributed by atoms with van der Waals surface area (Å²) < 4.78 is 10.7. The molecule has 1 heterocycles. The molecule has 1 saturated heterocycles. The molecule has 2 aromatic carbocycles. The predicted molar refractivity (Wildman–Crippen MR) is 116 cm³/mol. The smallest absolute Gasteiger partial charge is 0.338 e. The van der Waals surface area contributed by atoms with Crippen LogP contribution < -0.4 is 10.2 Å². The van der Waals surface area contributed by atoms with E-state index in [-0.39, 0.29) is 36.7 Å². The summed E-state index contributed by atoms with van der Waals surface area (Å²) in [4.78, 5) is 37.6. The van der Waals surface area contributed by atoms with Gasteiger partial charge in [-0.2, -0.15) is 5.10 Å². The quantitative estimate of drug-likeness (QED) is 0.318. The van der Waals surface area contributed by atoms with Gasteiger partial charge in [0.05, 0.1) is 11.3 Å².